The van der Waals surface area contributed by atoms with E-state index in [9.17, 15) is 9.59 Å². The van der Waals surface area contributed by atoms with Crippen molar-refractivity contribution in [3.8, 4) is 0 Å². The van der Waals surface area contributed by atoms with Gasteiger partial charge in [0.1, 0.15) is 0 Å². The van der Waals surface area contributed by atoms with Crippen molar-refractivity contribution >= 4 is 11.8 Å². The van der Waals surface area contributed by atoms with Crippen LogP contribution in [0.1, 0.15) is 20.7 Å². The summed E-state index contributed by atoms with van der Waals surface area (Å²) in [5.41, 5.74) is 5.63. The highest BCUT2D eigenvalue weighted by Gasteiger charge is 2.12. The molecule has 0 aliphatic carbocycles. The first-order valence-corrected chi connectivity index (χ1v) is 3.77. The van der Waals surface area contributed by atoms with Gasteiger partial charge in [-0.2, -0.15) is 0 Å². The molecule has 3 N–H and O–H groups in total. The molecule has 0 aliphatic rings. The lowest BCUT2D eigenvalue weighted by Gasteiger charge is -2.03. The zero-order chi connectivity index (χ0) is 9.84. The Bertz CT molecular complexity index is 347. The van der Waals surface area contributed by atoms with Crippen LogP contribution < -0.4 is 11.1 Å². The summed E-state index contributed by atoms with van der Waals surface area (Å²) >= 11 is 0. The van der Waals surface area contributed by atoms with Crippen LogP contribution in [0, 0.1) is 0 Å². The third kappa shape index (κ3) is 1.84. The third-order valence-electron chi connectivity index (χ3n) is 1.66. The molecule has 4 nitrogen and oxygen atoms in total. The molecule has 0 aliphatic heterocycles. The zero-order valence-electron chi connectivity index (χ0n) is 7.20. The van der Waals surface area contributed by atoms with Crippen LogP contribution in [0.4, 0.5) is 0 Å². The van der Waals surface area contributed by atoms with E-state index in [1.165, 1.54) is 13.1 Å². The van der Waals surface area contributed by atoms with Crippen molar-refractivity contribution < 1.29 is 9.59 Å². The fourth-order valence-electron chi connectivity index (χ4n) is 1.03. The number of primary amides is 1. The maximum absolute atomic E-state index is 11.2. The molecule has 1 aromatic carbocycles. The minimum Gasteiger partial charge on any atom is -0.366 e. The van der Waals surface area contributed by atoms with Crippen molar-refractivity contribution in [2.75, 3.05) is 7.05 Å². The number of nitrogens with one attached hydrogen (secondary N) is 1. The van der Waals surface area contributed by atoms with Crippen molar-refractivity contribution in [3.05, 3.63) is 35.4 Å². The van der Waals surface area contributed by atoms with Gasteiger partial charge in [0.05, 0.1) is 11.1 Å². The molecule has 0 atom stereocenters. The molecule has 0 heterocycles. The highest BCUT2D eigenvalue weighted by molar-refractivity contribution is 6.06. The Hall–Kier alpha value is -1.84. The first-order chi connectivity index (χ1) is 6.16. The fourth-order valence-corrected chi connectivity index (χ4v) is 1.03. The van der Waals surface area contributed by atoms with Gasteiger partial charge in [-0.15, -0.1) is 0 Å². The zero-order valence-corrected chi connectivity index (χ0v) is 7.20. The third-order valence-corrected chi connectivity index (χ3v) is 1.66. The molecule has 0 bridgehead atoms. The second kappa shape index (κ2) is 3.71. The molecule has 0 saturated heterocycles. The van der Waals surface area contributed by atoms with Crippen molar-refractivity contribution in [1.82, 2.24) is 5.32 Å². The van der Waals surface area contributed by atoms with Crippen LogP contribution in [-0.4, -0.2) is 18.9 Å². The Morgan fingerprint density at radius 3 is 2.23 bits per heavy atom. The molecule has 13 heavy (non-hydrogen) atoms. The topological polar surface area (TPSA) is 72.2 Å². The molecule has 0 saturated carbocycles. The van der Waals surface area contributed by atoms with Gasteiger partial charge in [0.2, 0.25) is 5.91 Å². The number of carbonyl (C=O) groups excluding carboxylic acids is 2. The predicted octanol–water partition coefficient (Wildman–Crippen LogP) is 0.145. The number of amides is 2. The Morgan fingerprint density at radius 1 is 1.23 bits per heavy atom. The van der Waals surface area contributed by atoms with E-state index in [4.69, 9.17) is 5.73 Å². The molecular formula is C9H10N2O2. The van der Waals surface area contributed by atoms with Gasteiger partial charge >= 0.3 is 0 Å². The molecule has 0 aromatic heterocycles. The fraction of sp³-hybridized carbons (Fsp3) is 0.111. The summed E-state index contributed by atoms with van der Waals surface area (Å²) in [6.07, 6.45) is 0. The van der Waals surface area contributed by atoms with Crippen LogP contribution in [0.5, 0.6) is 0 Å². The summed E-state index contributed by atoms with van der Waals surface area (Å²) in [6, 6.07) is 6.41. The maximum Gasteiger partial charge on any atom is 0.251 e. The number of hydrogen-bond acceptors (Lipinski definition) is 2. The van der Waals surface area contributed by atoms with Crippen molar-refractivity contribution in [1.29, 1.82) is 0 Å². The summed E-state index contributed by atoms with van der Waals surface area (Å²) < 4.78 is 0. The molecule has 0 fully saturated rings. The molecule has 2 amide bonds. The number of carbonyl (C=O) groups is 2. The monoisotopic (exact) mass is 178 g/mol. The molecular weight excluding hydrogens is 168 g/mol. The number of nitrogens with two attached hydrogens (primary N) is 1. The maximum atomic E-state index is 11.2. The van der Waals surface area contributed by atoms with E-state index in [0.717, 1.165) is 0 Å². The molecule has 0 spiro atoms. The Morgan fingerprint density at radius 2 is 1.77 bits per heavy atom. The standard InChI is InChI=1S/C9H10N2O2/c1-11-9(13)7-5-3-2-4-6(7)8(10)12/h2-5H,1H3,(H2,10,12)(H,11,13). The molecule has 4 heteroatoms. The first-order valence-electron chi connectivity index (χ1n) is 3.77. The molecule has 1 aromatic rings. The second-order valence-electron chi connectivity index (χ2n) is 2.49. The lowest BCUT2D eigenvalue weighted by molar-refractivity contribution is 0.0943. The summed E-state index contributed by atoms with van der Waals surface area (Å²) in [6.45, 7) is 0. The summed E-state index contributed by atoms with van der Waals surface area (Å²) in [7, 11) is 1.50. The Balaban J connectivity index is 3.19. The second-order valence-corrected chi connectivity index (χ2v) is 2.49. The summed E-state index contributed by atoms with van der Waals surface area (Å²) in [4.78, 5) is 22.1. The Kier molecular flexibility index (Phi) is 2.64. The van der Waals surface area contributed by atoms with Crippen LogP contribution in [-0.2, 0) is 0 Å². The lowest BCUT2D eigenvalue weighted by atomic mass is 10.1. The Labute approximate surface area is 75.7 Å². The average molecular weight is 178 g/mol. The van der Waals surface area contributed by atoms with Crippen molar-refractivity contribution in [2.45, 2.75) is 0 Å². The van der Waals surface area contributed by atoms with E-state index in [1.807, 2.05) is 0 Å². The highest BCUT2D eigenvalue weighted by Crippen LogP contribution is 2.07. The molecule has 68 valence electrons. The summed E-state index contributed by atoms with van der Waals surface area (Å²) in [5.74, 6) is -0.909. The average Bonchev–Trinajstić information content (AvgIpc) is 2.16. The SMILES string of the molecule is CNC(=O)c1ccccc1C(N)=O. The van der Waals surface area contributed by atoms with Gasteiger partial charge in [-0.1, -0.05) is 12.1 Å². The van der Waals surface area contributed by atoms with Crippen LogP contribution in [0.25, 0.3) is 0 Å². The van der Waals surface area contributed by atoms with Crippen LogP contribution in [0.3, 0.4) is 0 Å². The number of benzene rings is 1. The minimum atomic E-state index is -0.598. The summed E-state index contributed by atoms with van der Waals surface area (Å²) in [5, 5.41) is 2.43. The molecule has 0 unspecified atom stereocenters. The van der Waals surface area contributed by atoms with E-state index < -0.39 is 5.91 Å². The van der Waals surface area contributed by atoms with E-state index in [0.29, 0.717) is 5.56 Å². The van der Waals surface area contributed by atoms with Gasteiger partial charge in [-0.25, -0.2) is 0 Å². The number of hydrogen-bond donors (Lipinski definition) is 2. The normalized spacial score (nSPS) is 9.31. The van der Waals surface area contributed by atoms with Crippen molar-refractivity contribution in [2.24, 2.45) is 5.73 Å². The van der Waals surface area contributed by atoms with Gasteiger partial charge in [-0.05, 0) is 12.1 Å². The van der Waals surface area contributed by atoms with E-state index in [2.05, 4.69) is 5.32 Å². The van der Waals surface area contributed by atoms with Crippen LogP contribution in [0.15, 0.2) is 24.3 Å². The van der Waals surface area contributed by atoms with Gasteiger partial charge < -0.3 is 11.1 Å². The van der Waals surface area contributed by atoms with Gasteiger partial charge in [0.25, 0.3) is 5.91 Å². The highest BCUT2D eigenvalue weighted by atomic mass is 16.2. The van der Waals surface area contributed by atoms with E-state index in [1.54, 1.807) is 18.2 Å². The quantitative estimate of drug-likeness (QED) is 0.676. The van der Waals surface area contributed by atoms with Crippen LogP contribution in [0.2, 0.25) is 0 Å². The minimum absolute atomic E-state index is 0.238. The van der Waals surface area contributed by atoms with Gasteiger partial charge in [0.15, 0.2) is 0 Å². The van der Waals surface area contributed by atoms with Crippen LogP contribution >= 0.6 is 0 Å². The first kappa shape index (κ1) is 9.25. The largest absolute Gasteiger partial charge is 0.366 e. The van der Waals surface area contributed by atoms with Crippen molar-refractivity contribution in [3.63, 3.8) is 0 Å². The lowest BCUT2D eigenvalue weighted by Crippen LogP contribution is -2.23. The number of rotatable bonds is 2. The smallest absolute Gasteiger partial charge is 0.251 e. The molecule has 0 radical (unpaired) electrons. The molecule has 1 rings (SSSR count). The van der Waals surface area contributed by atoms with Gasteiger partial charge in [-0.3, -0.25) is 9.59 Å². The van der Waals surface area contributed by atoms with E-state index in [-0.39, 0.29) is 11.5 Å². The van der Waals surface area contributed by atoms with Gasteiger partial charge in [0, 0.05) is 7.05 Å². The predicted molar refractivity (Wildman–Crippen MR) is 48.4 cm³/mol. The van der Waals surface area contributed by atoms with E-state index >= 15 is 0 Å².